The van der Waals surface area contributed by atoms with Gasteiger partial charge in [-0.15, -0.1) is 11.3 Å². The van der Waals surface area contributed by atoms with E-state index in [0.29, 0.717) is 0 Å². The van der Waals surface area contributed by atoms with Gasteiger partial charge >= 0.3 is 0 Å². The lowest BCUT2D eigenvalue weighted by molar-refractivity contribution is 1.21. The lowest BCUT2D eigenvalue weighted by Crippen LogP contribution is -1.93. The van der Waals surface area contributed by atoms with Crippen molar-refractivity contribution in [2.45, 2.75) is 4.83 Å². The maximum Gasteiger partial charge on any atom is 0.0931 e. The van der Waals surface area contributed by atoms with Crippen LogP contribution in [0.15, 0.2) is 30.3 Å². The van der Waals surface area contributed by atoms with Crippen LogP contribution in [-0.2, 0) is 0 Å². The molecular formula is C11H6BrCl2IS. The fourth-order valence-corrected chi connectivity index (χ4v) is 4.45. The van der Waals surface area contributed by atoms with E-state index in [1.54, 1.807) is 11.3 Å². The summed E-state index contributed by atoms with van der Waals surface area (Å²) in [7, 11) is 0. The number of halogens is 4. The van der Waals surface area contributed by atoms with E-state index < -0.39 is 0 Å². The van der Waals surface area contributed by atoms with E-state index in [1.807, 2.05) is 30.3 Å². The van der Waals surface area contributed by atoms with Crippen LogP contribution >= 0.6 is 73.1 Å². The average molecular weight is 448 g/mol. The zero-order valence-corrected chi connectivity index (χ0v) is 14.0. The van der Waals surface area contributed by atoms with Crippen LogP contribution < -0.4 is 0 Å². The van der Waals surface area contributed by atoms with Crippen molar-refractivity contribution in [3.8, 4) is 0 Å². The fraction of sp³-hybridized carbons (Fsp3) is 0.0909. The highest BCUT2D eigenvalue weighted by Gasteiger charge is 2.15. The van der Waals surface area contributed by atoms with Gasteiger partial charge in [-0.25, -0.2) is 0 Å². The summed E-state index contributed by atoms with van der Waals surface area (Å²) >= 11 is 19.5. The van der Waals surface area contributed by atoms with Crippen LogP contribution in [0.5, 0.6) is 0 Å². The minimum absolute atomic E-state index is 0.149. The molecule has 0 bridgehead atoms. The van der Waals surface area contributed by atoms with Gasteiger partial charge in [0.05, 0.1) is 9.16 Å². The molecule has 0 fully saturated rings. The van der Waals surface area contributed by atoms with Crippen molar-refractivity contribution in [2.24, 2.45) is 0 Å². The topological polar surface area (TPSA) is 0 Å². The van der Waals surface area contributed by atoms with Crippen LogP contribution in [0.1, 0.15) is 15.3 Å². The van der Waals surface area contributed by atoms with Crippen molar-refractivity contribution in [3.63, 3.8) is 0 Å². The first-order chi connectivity index (χ1) is 7.58. The lowest BCUT2D eigenvalue weighted by Gasteiger charge is -2.10. The Balaban J connectivity index is 2.40. The third-order valence-electron chi connectivity index (χ3n) is 2.07. The molecule has 0 aliphatic heterocycles. The number of thiophene rings is 1. The van der Waals surface area contributed by atoms with E-state index in [1.165, 1.54) is 14.0 Å². The molecule has 1 atom stereocenters. The number of benzene rings is 1. The van der Waals surface area contributed by atoms with Crippen molar-refractivity contribution in [1.29, 1.82) is 0 Å². The Hall–Kier alpha value is 0.710. The van der Waals surface area contributed by atoms with E-state index >= 15 is 0 Å². The van der Waals surface area contributed by atoms with E-state index in [9.17, 15) is 0 Å². The molecule has 0 aliphatic rings. The molecule has 0 nitrogen and oxygen atoms in total. The molecule has 0 saturated heterocycles. The van der Waals surface area contributed by atoms with Gasteiger partial charge in [0.2, 0.25) is 0 Å². The van der Waals surface area contributed by atoms with Crippen molar-refractivity contribution in [2.75, 3.05) is 0 Å². The largest absolute Gasteiger partial charge is 0.127 e. The number of alkyl halides is 1. The number of hydrogen-bond acceptors (Lipinski definition) is 1. The third kappa shape index (κ3) is 2.93. The van der Waals surface area contributed by atoms with E-state index in [2.05, 4.69) is 38.5 Å². The average Bonchev–Trinajstić information content (AvgIpc) is 2.67. The van der Waals surface area contributed by atoms with Crippen LogP contribution in [-0.4, -0.2) is 0 Å². The Morgan fingerprint density at radius 1 is 1.19 bits per heavy atom. The molecule has 1 unspecified atom stereocenters. The normalized spacial score (nSPS) is 12.8. The second-order valence-corrected chi connectivity index (χ2v) is 7.43. The lowest BCUT2D eigenvalue weighted by atomic mass is 10.1. The van der Waals surface area contributed by atoms with Gasteiger partial charge in [0.15, 0.2) is 0 Å². The zero-order valence-electron chi connectivity index (χ0n) is 7.88. The molecular weight excluding hydrogens is 442 g/mol. The Morgan fingerprint density at radius 3 is 2.56 bits per heavy atom. The van der Waals surface area contributed by atoms with Gasteiger partial charge in [-0.2, -0.15) is 0 Å². The highest BCUT2D eigenvalue weighted by Crippen LogP contribution is 2.39. The summed E-state index contributed by atoms with van der Waals surface area (Å²) in [5.74, 6) is 0. The molecule has 2 rings (SSSR count). The molecule has 1 aromatic heterocycles. The van der Waals surface area contributed by atoms with Crippen molar-refractivity contribution in [1.82, 2.24) is 0 Å². The molecule has 1 aromatic carbocycles. The van der Waals surface area contributed by atoms with Gasteiger partial charge in [0, 0.05) is 13.5 Å². The molecule has 2 aromatic rings. The van der Waals surface area contributed by atoms with Crippen LogP contribution in [0, 0.1) is 3.57 Å². The molecule has 0 amide bonds. The first kappa shape index (κ1) is 13.1. The standard InChI is InChI=1S/C11H6BrCl2IS/c12-11(9-3-4-10(14)16-9)7-5-6(13)1-2-8(7)15/h1-5,11H. The minimum atomic E-state index is 0.149. The SMILES string of the molecule is Clc1ccc(I)c(C(Br)c2ccc(Cl)s2)c1. The van der Waals surface area contributed by atoms with Crippen LogP contribution in [0.4, 0.5) is 0 Å². The zero-order chi connectivity index (χ0) is 11.7. The molecule has 0 radical (unpaired) electrons. The van der Waals surface area contributed by atoms with Crippen molar-refractivity contribution < 1.29 is 0 Å². The van der Waals surface area contributed by atoms with Crippen molar-refractivity contribution >= 4 is 73.1 Å². The summed E-state index contributed by atoms with van der Waals surface area (Å²) in [6, 6.07) is 9.84. The van der Waals surface area contributed by atoms with E-state index in [4.69, 9.17) is 23.2 Å². The summed E-state index contributed by atoms with van der Waals surface area (Å²) < 4.78 is 1.99. The van der Waals surface area contributed by atoms with Crippen LogP contribution in [0.3, 0.4) is 0 Å². The molecule has 0 saturated carbocycles. The number of hydrogen-bond donors (Lipinski definition) is 0. The third-order valence-corrected chi connectivity index (χ3v) is 5.88. The smallest absolute Gasteiger partial charge is 0.0931 e. The van der Waals surface area contributed by atoms with Gasteiger partial charge in [-0.05, 0) is 58.5 Å². The van der Waals surface area contributed by atoms with E-state index in [0.717, 1.165) is 9.36 Å². The molecule has 0 aliphatic carbocycles. The Kier molecular flexibility index (Phi) is 4.58. The summed E-state index contributed by atoms with van der Waals surface area (Å²) in [6.07, 6.45) is 0. The Morgan fingerprint density at radius 2 is 1.94 bits per heavy atom. The first-order valence-corrected chi connectivity index (χ1v) is 7.99. The van der Waals surface area contributed by atoms with Gasteiger partial charge in [-0.1, -0.05) is 39.1 Å². The quantitative estimate of drug-likeness (QED) is 0.383. The summed E-state index contributed by atoms with van der Waals surface area (Å²) in [4.78, 5) is 1.33. The molecule has 16 heavy (non-hydrogen) atoms. The van der Waals surface area contributed by atoms with Gasteiger partial charge < -0.3 is 0 Å². The van der Waals surface area contributed by atoms with Crippen LogP contribution in [0.2, 0.25) is 9.36 Å². The second-order valence-electron chi connectivity index (χ2n) is 3.17. The maximum atomic E-state index is 6.01. The molecule has 0 spiro atoms. The van der Waals surface area contributed by atoms with Gasteiger partial charge in [-0.3, -0.25) is 0 Å². The molecule has 84 valence electrons. The predicted molar refractivity (Wildman–Crippen MR) is 84.3 cm³/mol. The second kappa shape index (κ2) is 5.57. The highest BCUT2D eigenvalue weighted by molar-refractivity contribution is 14.1. The molecule has 5 heteroatoms. The summed E-state index contributed by atoms with van der Waals surface area (Å²) in [5, 5.41) is 0.752. The maximum absolute atomic E-state index is 6.01. The van der Waals surface area contributed by atoms with Crippen molar-refractivity contribution in [3.05, 3.63) is 53.7 Å². The summed E-state index contributed by atoms with van der Waals surface area (Å²) in [5.41, 5.74) is 1.17. The Bertz CT molecular complexity index is 512. The first-order valence-electron chi connectivity index (χ1n) is 4.42. The summed E-state index contributed by atoms with van der Waals surface area (Å²) in [6.45, 7) is 0. The van der Waals surface area contributed by atoms with Gasteiger partial charge in [0.25, 0.3) is 0 Å². The monoisotopic (exact) mass is 446 g/mol. The molecule has 1 heterocycles. The molecule has 0 N–H and O–H groups in total. The minimum Gasteiger partial charge on any atom is -0.127 e. The van der Waals surface area contributed by atoms with Gasteiger partial charge in [0.1, 0.15) is 0 Å². The highest BCUT2D eigenvalue weighted by atomic mass is 127. The fourth-order valence-electron chi connectivity index (χ4n) is 1.33. The number of rotatable bonds is 2. The Labute approximate surface area is 130 Å². The predicted octanol–water partition coefficient (Wildman–Crippen LogP) is 6.14. The van der Waals surface area contributed by atoms with Crippen LogP contribution in [0.25, 0.3) is 0 Å². The van der Waals surface area contributed by atoms with E-state index in [-0.39, 0.29) is 4.83 Å².